The maximum absolute atomic E-state index is 14.2. The number of nitrogens with zero attached hydrogens (tertiary/aromatic N) is 1. The van der Waals surface area contributed by atoms with E-state index in [1.165, 1.54) is 0 Å². The summed E-state index contributed by atoms with van der Waals surface area (Å²) in [5, 5.41) is 1.09. The molecule has 170 valence electrons. The van der Waals surface area contributed by atoms with Crippen molar-refractivity contribution in [2.75, 3.05) is 10.6 Å². The van der Waals surface area contributed by atoms with Crippen molar-refractivity contribution in [3.8, 4) is 0 Å². The molecule has 0 spiro atoms. The largest absolute Gasteiger partial charge is 0.398 e. The summed E-state index contributed by atoms with van der Waals surface area (Å²) < 4.78 is 0. The minimum absolute atomic E-state index is 0.0219. The van der Waals surface area contributed by atoms with Gasteiger partial charge >= 0.3 is 0 Å². The topological polar surface area (TPSA) is 62.1 Å². The predicted octanol–water partition coefficient (Wildman–Crippen LogP) is 6.56. The van der Waals surface area contributed by atoms with Gasteiger partial charge in [-0.25, -0.2) is 0 Å². The number of nitrogen functional groups attached to an aromatic ring is 1. The maximum atomic E-state index is 14.2. The fraction of sp³-hybridized carbons (Fsp3) is 0.0645. The average Bonchev–Trinajstić information content (AvgIpc) is 3.41. The first kappa shape index (κ1) is 21.0. The van der Waals surface area contributed by atoms with Crippen LogP contribution in [0.2, 0.25) is 0 Å². The summed E-state index contributed by atoms with van der Waals surface area (Å²) in [6, 6.07) is 34.3. The van der Waals surface area contributed by atoms with Crippen LogP contribution in [0, 0.1) is 6.92 Å². The van der Waals surface area contributed by atoms with Crippen LogP contribution in [0.25, 0.3) is 22.0 Å². The van der Waals surface area contributed by atoms with Gasteiger partial charge in [-0.15, -0.1) is 0 Å². The lowest BCUT2D eigenvalue weighted by Gasteiger charge is -2.18. The smallest absolute Gasteiger partial charge is 0.260 e. The highest BCUT2D eigenvalue weighted by Crippen LogP contribution is 2.45. The highest BCUT2D eigenvalue weighted by molar-refractivity contribution is 6.39. The van der Waals surface area contributed by atoms with E-state index in [9.17, 15) is 4.79 Å². The van der Waals surface area contributed by atoms with Crippen LogP contribution in [0.15, 0.2) is 103 Å². The molecule has 1 aliphatic rings. The highest BCUT2D eigenvalue weighted by Gasteiger charge is 2.36. The molecule has 0 radical (unpaired) electrons. The standard InChI is InChI=1S/C31H25N3O/c1-20-15-16-28-24(17-20)30(31(35)34(28)19-21-9-3-2-4-10-21)29(23-12-6-7-13-25(23)32)27-18-22-11-5-8-14-26(22)33-27/h2-18,33H,19,32H2,1H3. The second-order valence-electron chi connectivity index (χ2n) is 9.01. The predicted molar refractivity (Wildman–Crippen MR) is 144 cm³/mol. The van der Waals surface area contributed by atoms with Crippen molar-refractivity contribution in [2.24, 2.45) is 0 Å². The normalized spacial score (nSPS) is 14.4. The van der Waals surface area contributed by atoms with Crippen molar-refractivity contribution < 1.29 is 4.79 Å². The summed E-state index contributed by atoms with van der Waals surface area (Å²) in [5.41, 5.74) is 15.4. The molecule has 0 atom stereocenters. The van der Waals surface area contributed by atoms with E-state index < -0.39 is 0 Å². The number of carbonyl (C=O) groups is 1. The molecule has 0 saturated heterocycles. The third-order valence-corrected chi connectivity index (χ3v) is 6.63. The number of aromatic nitrogens is 1. The lowest BCUT2D eigenvalue weighted by atomic mass is 9.91. The molecule has 0 bridgehead atoms. The third kappa shape index (κ3) is 3.60. The Morgan fingerprint density at radius 2 is 1.60 bits per heavy atom. The lowest BCUT2D eigenvalue weighted by molar-refractivity contribution is -0.113. The first-order chi connectivity index (χ1) is 17.1. The summed E-state index contributed by atoms with van der Waals surface area (Å²) in [6.07, 6.45) is 0. The number of para-hydroxylation sites is 2. The number of amides is 1. The zero-order valence-corrected chi connectivity index (χ0v) is 19.5. The Labute approximate surface area is 204 Å². The van der Waals surface area contributed by atoms with Crippen LogP contribution in [0.4, 0.5) is 11.4 Å². The summed E-state index contributed by atoms with van der Waals surface area (Å²) in [4.78, 5) is 19.6. The van der Waals surface area contributed by atoms with Gasteiger partial charge in [-0.1, -0.05) is 78.4 Å². The summed E-state index contributed by atoms with van der Waals surface area (Å²) >= 11 is 0. The van der Waals surface area contributed by atoms with Gasteiger partial charge in [-0.05, 0) is 42.8 Å². The number of rotatable bonds is 4. The molecule has 0 aliphatic carbocycles. The number of H-pyrrole nitrogens is 1. The average molecular weight is 456 g/mol. The molecule has 0 unspecified atom stereocenters. The number of fused-ring (bicyclic) bond motifs is 2. The van der Waals surface area contributed by atoms with Gasteiger partial charge in [0.2, 0.25) is 0 Å². The van der Waals surface area contributed by atoms with Gasteiger partial charge in [-0.2, -0.15) is 0 Å². The Kier molecular flexibility index (Phi) is 5.00. The Bertz CT molecular complexity index is 1580. The number of benzene rings is 4. The molecule has 1 amide bonds. The van der Waals surface area contributed by atoms with Crippen LogP contribution in [-0.2, 0) is 11.3 Å². The summed E-state index contributed by atoms with van der Waals surface area (Å²) in [6.45, 7) is 2.56. The molecule has 0 fully saturated rings. The van der Waals surface area contributed by atoms with Crippen molar-refractivity contribution >= 4 is 39.3 Å². The zero-order chi connectivity index (χ0) is 23.9. The van der Waals surface area contributed by atoms with Gasteiger partial charge in [0.15, 0.2) is 0 Å². The maximum Gasteiger partial charge on any atom is 0.260 e. The SMILES string of the molecule is Cc1ccc2c(c1)C(=C(c1cc3ccccc3[nH]1)c1ccccc1N)C(=O)N2Cc1ccccc1. The van der Waals surface area contributed by atoms with Crippen molar-refractivity contribution in [3.05, 3.63) is 131 Å². The number of aryl methyl sites for hydroxylation is 1. The highest BCUT2D eigenvalue weighted by atomic mass is 16.2. The Balaban J connectivity index is 1.64. The number of nitrogens with one attached hydrogen (secondary N) is 1. The molecule has 1 aromatic heterocycles. The van der Waals surface area contributed by atoms with Crippen LogP contribution in [0.1, 0.15) is 27.9 Å². The molecule has 6 rings (SSSR count). The molecule has 1 aliphatic heterocycles. The van der Waals surface area contributed by atoms with Crippen LogP contribution in [-0.4, -0.2) is 10.9 Å². The minimum Gasteiger partial charge on any atom is -0.398 e. The van der Waals surface area contributed by atoms with Crippen LogP contribution in [0.5, 0.6) is 0 Å². The van der Waals surface area contributed by atoms with Crippen molar-refractivity contribution in [2.45, 2.75) is 13.5 Å². The first-order valence-corrected chi connectivity index (χ1v) is 11.7. The van der Waals surface area contributed by atoms with E-state index in [1.807, 2.05) is 65.6 Å². The Morgan fingerprint density at radius 3 is 2.40 bits per heavy atom. The molecular weight excluding hydrogens is 430 g/mol. The van der Waals surface area contributed by atoms with E-state index >= 15 is 0 Å². The second kappa shape index (κ2) is 8.33. The van der Waals surface area contributed by atoms with Gasteiger partial charge in [0, 0.05) is 39.0 Å². The molecular formula is C31H25N3O. The molecule has 35 heavy (non-hydrogen) atoms. The molecule has 2 heterocycles. The molecule has 0 saturated carbocycles. The Morgan fingerprint density at radius 1 is 0.857 bits per heavy atom. The van der Waals surface area contributed by atoms with Gasteiger partial charge in [0.25, 0.3) is 5.91 Å². The third-order valence-electron chi connectivity index (χ3n) is 6.63. The van der Waals surface area contributed by atoms with E-state index in [2.05, 4.69) is 54.4 Å². The lowest BCUT2D eigenvalue weighted by Crippen LogP contribution is -2.26. The first-order valence-electron chi connectivity index (χ1n) is 11.7. The summed E-state index contributed by atoms with van der Waals surface area (Å²) in [5.74, 6) is -0.0219. The quantitative estimate of drug-likeness (QED) is 0.238. The van der Waals surface area contributed by atoms with Gasteiger partial charge < -0.3 is 15.6 Å². The van der Waals surface area contributed by atoms with Crippen LogP contribution in [0.3, 0.4) is 0 Å². The fourth-order valence-electron chi connectivity index (χ4n) is 4.96. The second-order valence-corrected chi connectivity index (χ2v) is 9.01. The van der Waals surface area contributed by atoms with Gasteiger partial charge in [0.1, 0.15) is 0 Å². The van der Waals surface area contributed by atoms with Crippen molar-refractivity contribution in [1.82, 2.24) is 4.98 Å². The molecule has 4 heteroatoms. The number of anilines is 2. The van der Waals surface area contributed by atoms with Crippen LogP contribution < -0.4 is 10.6 Å². The van der Waals surface area contributed by atoms with Gasteiger partial charge in [-0.3, -0.25) is 4.79 Å². The minimum atomic E-state index is -0.0219. The zero-order valence-electron chi connectivity index (χ0n) is 19.5. The van der Waals surface area contributed by atoms with Gasteiger partial charge in [0.05, 0.1) is 17.8 Å². The monoisotopic (exact) mass is 455 g/mol. The number of hydrogen-bond acceptors (Lipinski definition) is 2. The van der Waals surface area contributed by atoms with E-state index in [1.54, 1.807) is 0 Å². The Hall–Kier alpha value is -4.57. The number of carbonyl (C=O) groups excluding carboxylic acids is 1. The summed E-state index contributed by atoms with van der Waals surface area (Å²) in [7, 11) is 0. The molecule has 4 nitrogen and oxygen atoms in total. The number of nitrogens with two attached hydrogens (primary N) is 1. The van der Waals surface area contributed by atoms with Crippen molar-refractivity contribution in [3.63, 3.8) is 0 Å². The van der Waals surface area contributed by atoms with Crippen molar-refractivity contribution in [1.29, 1.82) is 0 Å². The number of hydrogen-bond donors (Lipinski definition) is 2. The van der Waals surface area contributed by atoms with E-state index in [4.69, 9.17) is 5.73 Å². The fourth-order valence-corrected chi connectivity index (χ4v) is 4.96. The molecule has 3 N–H and O–H groups in total. The van der Waals surface area contributed by atoms with E-state index in [0.717, 1.165) is 50.1 Å². The molecule has 4 aromatic carbocycles. The van der Waals surface area contributed by atoms with Crippen LogP contribution >= 0.6 is 0 Å². The molecule has 5 aromatic rings. The van der Waals surface area contributed by atoms with E-state index in [-0.39, 0.29) is 5.91 Å². The number of aromatic amines is 1. The van der Waals surface area contributed by atoms with E-state index in [0.29, 0.717) is 17.8 Å².